The number of hydrogen-bond donors (Lipinski definition) is 1. The van der Waals surface area contributed by atoms with E-state index in [4.69, 9.17) is 47.0 Å². The maximum atomic E-state index is 13.2. The lowest BCUT2D eigenvalue weighted by Crippen LogP contribution is -2.49. The third-order valence-corrected chi connectivity index (χ3v) is 6.75. The molecule has 1 saturated heterocycles. The minimum absolute atomic E-state index is 0.322. The Morgan fingerprint density at radius 2 is 1.69 bits per heavy atom. The molecule has 5 nitrogen and oxygen atoms in total. The molecular weight excluding hydrogens is 492 g/mol. The number of benzene rings is 2. The summed E-state index contributed by atoms with van der Waals surface area (Å²) in [5, 5.41) is 10.0. The van der Waals surface area contributed by atoms with Gasteiger partial charge in [-0.3, -0.25) is 9.58 Å². The molecular formula is C22H21Cl3FN5S. The standard InChI is InChI=1S/C22H21Cl3FN5S/c23-18-2-1-3-19(24)17(18)14-31-7-6-21(28-31)27-22(32)30-10-8-29(9-11-30)13-15-4-5-16(26)12-20(15)25/h1-7,12H,8-11,13-14H2,(H,27,28,32). The summed E-state index contributed by atoms with van der Waals surface area (Å²) >= 11 is 24.2. The lowest BCUT2D eigenvalue weighted by Gasteiger charge is -2.36. The van der Waals surface area contributed by atoms with Crippen molar-refractivity contribution in [2.75, 3.05) is 31.5 Å². The lowest BCUT2D eigenvalue weighted by atomic mass is 10.2. The highest BCUT2D eigenvalue weighted by atomic mass is 35.5. The van der Waals surface area contributed by atoms with E-state index in [0.717, 1.165) is 37.3 Å². The first-order valence-corrected chi connectivity index (χ1v) is 11.6. The molecule has 0 unspecified atom stereocenters. The number of hydrogen-bond acceptors (Lipinski definition) is 3. The number of piperazine rings is 1. The molecule has 2 heterocycles. The maximum Gasteiger partial charge on any atom is 0.174 e. The van der Waals surface area contributed by atoms with Crippen LogP contribution in [0.3, 0.4) is 0 Å². The van der Waals surface area contributed by atoms with E-state index in [1.54, 1.807) is 10.7 Å². The van der Waals surface area contributed by atoms with Gasteiger partial charge in [0, 0.05) is 65.6 Å². The summed E-state index contributed by atoms with van der Waals surface area (Å²) in [6.07, 6.45) is 1.86. The van der Waals surface area contributed by atoms with E-state index < -0.39 is 0 Å². The van der Waals surface area contributed by atoms with Crippen molar-refractivity contribution in [3.63, 3.8) is 0 Å². The lowest BCUT2D eigenvalue weighted by molar-refractivity contribution is 0.177. The molecule has 4 rings (SSSR count). The SMILES string of the molecule is Fc1ccc(CN2CCN(C(=S)Nc3ccn(Cc4c(Cl)cccc4Cl)n3)CC2)c(Cl)c1. The van der Waals surface area contributed by atoms with Gasteiger partial charge in [0.15, 0.2) is 10.9 Å². The Bertz CT molecular complexity index is 1090. The molecule has 1 fully saturated rings. The highest BCUT2D eigenvalue weighted by Crippen LogP contribution is 2.25. The molecule has 0 saturated carbocycles. The number of nitrogens with one attached hydrogen (secondary N) is 1. The molecule has 2 aromatic carbocycles. The fraction of sp³-hybridized carbons (Fsp3) is 0.273. The Morgan fingerprint density at radius 3 is 2.38 bits per heavy atom. The first-order valence-electron chi connectivity index (χ1n) is 10.1. The summed E-state index contributed by atoms with van der Waals surface area (Å²) in [6.45, 7) is 4.37. The predicted molar refractivity (Wildman–Crippen MR) is 132 cm³/mol. The van der Waals surface area contributed by atoms with Crippen molar-refractivity contribution < 1.29 is 4.39 Å². The Labute approximate surface area is 206 Å². The van der Waals surface area contributed by atoms with Crippen LogP contribution in [-0.4, -0.2) is 50.9 Å². The molecule has 1 N–H and O–H groups in total. The van der Waals surface area contributed by atoms with Crippen LogP contribution in [0.2, 0.25) is 15.1 Å². The van der Waals surface area contributed by atoms with Gasteiger partial charge >= 0.3 is 0 Å². The summed E-state index contributed by atoms with van der Waals surface area (Å²) in [5.41, 5.74) is 1.75. The third-order valence-electron chi connectivity index (χ3n) is 5.33. The van der Waals surface area contributed by atoms with Crippen molar-refractivity contribution in [3.8, 4) is 0 Å². The molecule has 0 aliphatic carbocycles. The van der Waals surface area contributed by atoms with Crippen LogP contribution in [0.4, 0.5) is 10.2 Å². The maximum absolute atomic E-state index is 13.2. The van der Waals surface area contributed by atoms with Crippen molar-refractivity contribution in [2.24, 2.45) is 0 Å². The van der Waals surface area contributed by atoms with Crippen LogP contribution in [-0.2, 0) is 13.1 Å². The van der Waals surface area contributed by atoms with Gasteiger partial charge in [0.05, 0.1) is 6.54 Å². The highest BCUT2D eigenvalue weighted by Gasteiger charge is 2.20. The number of rotatable bonds is 5. The fourth-order valence-electron chi connectivity index (χ4n) is 3.55. The van der Waals surface area contributed by atoms with E-state index in [9.17, 15) is 4.39 Å². The largest absolute Gasteiger partial charge is 0.346 e. The normalized spacial score (nSPS) is 14.6. The van der Waals surface area contributed by atoms with Crippen molar-refractivity contribution >= 4 is 58.0 Å². The first-order chi connectivity index (χ1) is 15.4. The zero-order chi connectivity index (χ0) is 22.7. The minimum atomic E-state index is -0.322. The molecule has 3 aromatic rings. The smallest absolute Gasteiger partial charge is 0.174 e. The molecule has 0 amide bonds. The average molecular weight is 513 g/mol. The van der Waals surface area contributed by atoms with Crippen molar-refractivity contribution in [1.29, 1.82) is 0 Å². The quantitative estimate of drug-likeness (QED) is 0.454. The number of aromatic nitrogens is 2. The van der Waals surface area contributed by atoms with Crippen molar-refractivity contribution in [1.82, 2.24) is 19.6 Å². The van der Waals surface area contributed by atoms with E-state index in [0.29, 0.717) is 39.1 Å². The second-order valence-electron chi connectivity index (χ2n) is 7.53. The second-order valence-corrected chi connectivity index (χ2v) is 9.14. The van der Waals surface area contributed by atoms with E-state index in [2.05, 4.69) is 20.2 Å². The van der Waals surface area contributed by atoms with Crippen LogP contribution in [0.25, 0.3) is 0 Å². The number of thiocarbonyl (C=S) groups is 1. The molecule has 168 valence electrons. The summed E-state index contributed by atoms with van der Waals surface area (Å²) in [4.78, 5) is 4.39. The van der Waals surface area contributed by atoms with Gasteiger partial charge in [-0.2, -0.15) is 5.10 Å². The summed E-state index contributed by atoms with van der Waals surface area (Å²) < 4.78 is 15.0. The summed E-state index contributed by atoms with van der Waals surface area (Å²) in [6, 6.07) is 11.8. The molecule has 0 radical (unpaired) electrons. The van der Waals surface area contributed by atoms with Crippen LogP contribution in [0, 0.1) is 5.82 Å². The molecule has 0 bridgehead atoms. The van der Waals surface area contributed by atoms with E-state index >= 15 is 0 Å². The number of anilines is 1. The Hall–Kier alpha value is -1.90. The van der Waals surface area contributed by atoms with Gasteiger partial charge < -0.3 is 10.2 Å². The van der Waals surface area contributed by atoms with Crippen LogP contribution in [0.1, 0.15) is 11.1 Å². The molecule has 0 atom stereocenters. The van der Waals surface area contributed by atoms with Crippen LogP contribution >= 0.6 is 47.0 Å². The predicted octanol–water partition coefficient (Wildman–Crippen LogP) is 5.55. The van der Waals surface area contributed by atoms with Crippen LogP contribution in [0.5, 0.6) is 0 Å². The number of halogens is 4. The zero-order valence-electron chi connectivity index (χ0n) is 17.1. The fourth-order valence-corrected chi connectivity index (χ4v) is 4.58. The van der Waals surface area contributed by atoms with Gasteiger partial charge in [-0.25, -0.2) is 4.39 Å². The van der Waals surface area contributed by atoms with Crippen molar-refractivity contribution in [2.45, 2.75) is 13.1 Å². The first kappa shape index (κ1) is 23.3. The van der Waals surface area contributed by atoms with Crippen LogP contribution < -0.4 is 5.32 Å². The van der Waals surface area contributed by atoms with E-state index in [1.165, 1.54) is 12.1 Å². The average Bonchev–Trinajstić information content (AvgIpc) is 3.20. The molecule has 1 aliphatic heterocycles. The molecule has 0 spiro atoms. The Kier molecular flexibility index (Phi) is 7.53. The highest BCUT2D eigenvalue weighted by molar-refractivity contribution is 7.80. The van der Waals surface area contributed by atoms with Crippen LogP contribution in [0.15, 0.2) is 48.7 Å². The van der Waals surface area contributed by atoms with E-state index in [1.807, 2.05) is 30.5 Å². The molecule has 10 heteroatoms. The molecule has 1 aromatic heterocycles. The minimum Gasteiger partial charge on any atom is -0.346 e. The topological polar surface area (TPSA) is 36.3 Å². The second kappa shape index (κ2) is 10.4. The van der Waals surface area contributed by atoms with Gasteiger partial charge in [0.25, 0.3) is 0 Å². The molecule has 1 aliphatic rings. The van der Waals surface area contributed by atoms with E-state index in [-0.39, 0.29) is 5.82 Å². The summed E-state index contributed by atoms with van der Waals surface area (Å²) in [5.74, 6) is 0.344. The van der Waals surface area contributed by atoms with Gasteiger partial charge in [-0.15, -0.1) is 0 Å². The monoisotopic (exact) mass is 511 g/mol. The van der Waals surface area contributed by atoms with Gasteiger partial charge in [0.1, 0.15) is 5.82 Å². The van der Waals surface area contributed by atoms with Gasteiger partial charge in [-0.1, -0.05) is 46.9 Å². The number of nitrogens with zero attached hydrogens (tertiary/aromatic N) is 4. The Morgan fingerprint density at radius 1 is 0.969 bits per heavy atom. The zero-order valence-corrected chi connectivity index (χ0v) is 20.2. The molecule has 32 heavy (non-hydrogen) atoms. The Balaban J connectivity index is 1.29. The van der Waals surface area contributed by atoms with Crippen molar-refractivity contribution in [3.05, 3.63) is 80.7 Å². The van der Waals surface area contributed by atoms with Gasteiger partial charge in [-0.05, 0) is 42.0 Å². The summed E-state index contributed by atoms with van der Waals surface area (Å²) in [7, 11) is 0. The van der Waals surface area contributed by atoms with Gasteiger partial charge in [0.2, 0.25) is 0 Å². The third kappa shape index (κ3) is 5.71.